The van der Waals surface area contributed by atoms with E-state index in [2.05, 4.69) is 9.97 Å². The second kappa shape index (κ2) is 3.54. The Kier molecular flexibility index (Phi) is 2.41. The molecule has 0 radical (unpaired) electrons. The van der Waals surface area contributed by atoms with Gasteiger partial charge in [-0.25, -0.2) is 9.97 Å². The van der Waals surface area contributed by atoms with Gasteiger partial charge in [0.1, 0.15) is 0 Å². The van der Waals surface area contributed by atoms with Crippen molar-refractivity contribution >= 4 is 5.78 Å². The van der Waals surface area contributed by atoms with Crippen LogP contribution in [0.2, 0.25) is 0 Å². The summed E-state index contributed by atoms with van der Waals surface area (Å²) in [5.74, 6) is -0.243. The SMILES string of the molecule is Cc1ccn2c(=O)c(C)c(C(F)(F)F)nc2n1. The minimum absolute atomic E-state index is 0.243. The molecule has 0 spiro atoms. The first-order valence-electron chi connectivity index (χ1n) is 4.74. The fraction of sp³-hybridized carbons (Fsp3) is 0.300. The van der Waals surface area contributed by atoms with Gasteiger partial charge >= 0.3 is 6.18 Å². The number of hydrogen-bond donors (Lipinski definition) is 0. The standard InChI is InChI=1S/C10H8F3N3O/c1-5-3-4-16-8(17)6(2)7(10(11,12)13)15-9(16)14-5/h3-4H,1-2H3. The summed E-state index contributed by atoms with van der Waals surface area (Å²) in [5, 5.41) is 0. The monoisotopic (exact) mass is 243 g/mol. The molecule has 2 heterocycles. The summed E-state index contributed by atoms with van der Waals surface area (Å²) in [6, 6.07) is 1.53. The highest BCUT2D eigenvalue weighted by atomic mass is 19.4. The zero-order valence-electron chi connectivity index (χ0n) is 9.04. The Morgan fingerprint density at radius 1 is 1.24 bits per heavy atom. The molecule has 7 heteroatoms. The molecule has 0 fully saturated rings. The predicted octanol–water partition coefficient (Wildman–Crippen LogP) is 1.73. The maximum Gasteiger partial charge on any atom is 0.433 e. The van der Waals surface area contributed by atoms with E-state index in [0.29, 0.717) is 5.69 Å². The average molecular weight is 243 g/mol. The molecule has 0 saturated carbocycles. The molecule has 0 atom stereocenters. The van der Waals surface area contributed by atoms with Gasteiger partial charge in [-0.15, -0.1) is 0 Å². The summed E-state index contributed by atoms with van der Waals surface area (Å²) < 4.78 is 38.9. The lowest BCUT2D eigenvalue weighted by atomic mass is 10.2. The highest BCUT2D eigenvalue weighted by molar-refractivity contribution is 5.34. The second-order valence-corrected chi connectivity index (χ2v) is 3.63. The van der Waals surface area contributed by atoms with Crippen LogP contribution >= 0.6 is 0 Å². The molecular formula is C10H8F3N3O. The summed E-state index contributed by atoms with van der Waals surface area (Å²) in [6.45, 7) is 2.71. The average Bonchev–Trinajstić information content (AvgIpc) is 2.21. The summed E-state index contributed by atoms with van der Waals surface area (Å²) >= 11 is 0. The third kappa shape index (κ3) is 1.88. The molecule has 0 aliphatic rings. The molecule has 0 aromatic carbocycles. The number of aryl methyl sites for hydroxylation is 1. The number of hydrogen-bond acceptors (Lipinski definition) is 3. The molecular weight excluding hydrogens is 235 g/mol. The fourth-order valence-corrected chi connectivity index (χ4v) is 1.48. The largest absolute Gasteiger partial charge is 0.433 e. The molecule has 0 N–H and O–H groups in total. The van der Waals surface area contributed by atoms with Crippen LogP contribution in [0.15, 0.2) is 17.1 Å². The summed E-state index contributed by atoms with van der Waals surface area (Å²) in [6.07, 6.45) is -3.29. The van der Waals surface area contributed by atoms with Crippen LogP contribution in [0.4, 0.5) is 13.2 Å². The van der Waals surface area contributed by atoms with Gasteiger partial charge in [0.15, 0.2) is 5.69 Å². The number of alkyl halides is 3. The Hall–Kier alpha value is -1.92. The van der Waals surface area contributed by atoms with Crippen LogP contribution in [0.1, 0.15) is 17.0 Å². The summed E-state index contributed by atoms with van der Waals surface area (Å²) in [5.41, 5.74) is -1.87. The molecule has 0 aliphatic carbocycles. The van der Waals surface area contributed by atoms with Crippen LogP contribution in [0.3, 0.4) is 0 Å². The zero-order chi connectivity index (χ0) is 12.8. The van der Waals surface area contributed by atoms with Gasteiger partial charge in [0.05, 0.1) is 0 Å². The summed E-state index contributed by atoms with van der Waals surface area (Å²) in [7, 11) is 0. The van der Waals surface area contributed by atoms with E-state index in [0.717, 1.165) is 11.3 Å². The second-order valence-electron chi connectivity index (χ2n) is 3.63. The Balaban J connectivity index is 2.91. The highest BCUT2D eigenvalue weighted by Crippen LogP contribution is 2.28. The van der Waals surface area contributed by atoms with Crippen molar-refractivity contribution in [3.63, 3.8) is 0 Å². The van der Waals surface area contributed by atoms with Gasteiger partial charge in [0.25, 0.3) is 5.56 Å². The molecule has 0 saturated heterocycles. The van der Waals surface area contributed by atoms with E-state index in [-0.39, 0.29) is 5.78 Å². The van der Waals surface area contributed by atoms with E-state index in [4.69, 9.17) is 0 Å². The van der Waals surface area contributed by atoms with E-state index in [1.165, 1.54) is 12.3 Å². The molecule has 4 nitrogen and oxygen atoms in total. The molecule has 0 amide bonds. The van der Waals surface area contributed by atoms with Crippen LogP contribution in [-0.2, 0) is 6.18 Å². The van der Waals surface area contributed by atoms with Gasteiger partial charge in [-0.2, -0.15) is 13.2 Å². The van der Waals surface area contributed by atoms with Gasteiger partial charge in [-0.3, -0.25) is 9.20 Å². The third-order valence-electron chi connectivity index (χ3n) is 2.33. The normalized spacial score (nSPS) is 12.1. The van der Waals surface area contributed by atoms with E-state index in [1.807, 2.05) is 0 Å². The van der Waals surface area contributed by atoms with Crippen LogP contribution < -0.4 is 5.56 Å². The van der Waals surface area contributed by atoms with Crippen LogP contribution in [0, 0.1) is 13.8 Å². The van der Waals surface area contributed by atoms with Crippen LogP contribution in [0.25, 0.3) is 5.78 Å². The smallest absolute Gasteiger partial charge is 0.269 e. The van der Waals surface area contributed by atoms with Crippen molar-refractivity contribution in [2.24, 2.45) is 0 Å². The number of rotatable bonds is 0. The van der Waals surface area contributed by atoms with Crippen molar-refractivity contribution in [1.82, 2.24) is 14.4 Å². The molecule has 0 aliphatic heterocycles. The van der Waals surface area contributed by atoms with Gasteiger partial charge in [0.2, 0.25) is 5.78 Å². The Morgan fingerprint density at radius 2 is 1.88 bits per heavy atom. The quantitative estimate of drug-likeness (QED) is 0.707. The molecule has 2 rings (SSSR count). The lowest BCUT2D eigenvalue weighted by molar-refractivity contribution is -0.141. The van der Waals surface area contributed by atoms with Crippen LogP contribution in [-0.4, -0.2) is 14.4 Å². The first-order valence-corrected chi connectivity index (χ1v) is 4.74. The Morgan fingerprint density at radius 3 is 2.47 bits per heavy atom. The van der Waals surface area contributed by atoms with Crippen molar-refractivity contribution in [2.45, 2.75) is 20.0 Å². The first-order chi connectivity index (χ1) is 7.80. The molecule has 0 bridgehead atoms. The number of fused-ring (bicyclic) bond motifs is 1. The van der Waals surface area contributed by atoms with Gasteiger partial charge in [-0.05, 0) is 19.9 Å². The van der Waals surface area contributed by atoms with E-state index >= 15 is 0 Å². The minimum atomic E-state index is -4.65. The molecule has 0 unspecified atom stereocenters. The van der Waals surface area contributed by atoms with Crippen molar-refractivity contribution < 1.29 is 13.2 Å². The molecule has 90 valence electrons. The zero-order valence-corrected chi connectivity index (χ0v) is 9.04. The summed E-state index contributed by atoms with van der Waals surface area (Å²) in [4.78, 5) is 18.9. The Labute approximate surface area is 93.8 Å². The van der Waals surface area contributed by atoms with Gasteiger partial charge in [-0.1, -0.05) is 0 Å². The third-order valence-corrected chi connectivity index (χ3v) is 2.33. The number of aromatic nitrogens is 3. The van der Waals surface area contributed by atoms with E-state index in [9.17, 15) is 18.0 Å². The first kappa shape index (κ1) is 11.6. The van der Waals surface area contributed by atoms with Gasteiger partial charge < -0.3 is 0 Å². The minimum Gasteiger partial charge on any atom is -0.269 e. The van der Waals surface area contributed by atoms with Crippen LogP contribution in [0.5, 0.6) is 0 Å². The molecule has 17 heavy (non-hydrogen) atoms. The maximum atomic E-state index is 12.6. The van der Waals surface area contributed by atoms with Crippen molar-refractivity contribution in [3.8, 4) is 0 Å². The van der Waals surface area contributed by atoms with Crippen molar-refractivity contribution in [1.29, 1.82) is 0 Å². The van der Waals surface area contributed by atoms with E-state index < -0.39 is 23.0 Å². The van der Waals surface area contributed by atoms with Crippen molar-refractivity contribution in [2.75, 3.05) is 0 Å². The number of halogens is 3. The fourth-order valence-electron chi connectivity index (χ4n) is 1.48. The maximum absolute atomic E-state index is 12.6. The van der Waals surface area contributed by atoms with Gasteiger partial charge in [0, 0.05) is 17.5 Å². The number of nitrogens with zero attached hydrogens (tertiary/aromatic N) is 3. The topological polar surface area (TPSA) is 47.3 Å². The lowest BCUT2D eigenvalue weighted by Crippen LogP contribution is -2.25. The Bertz CT molecular complexity index is 646. The lowest BCUT2D eigenvalue weighted by Gasteiger charge is -2.10. The van der Waals surface area contributed by atoms with E-state index in [1.54, 1.807) is 6.92 Å². The molecule has 2 aromatic heterocycles. The predicted molar refractivity (Wildman–Crippen MR) is 53.7 cm³/mol. The molecule has 2 aromatic rings. The highest BCUT2D eigenvalue weighted by Gasteiger charge is 2.36. The van der Waals surface area contributed by atoms with Crippen molar-refractivity contribution in [3.05, 3.63) is 39.6 Å².